The summed E-state index contributed by atoms with van der Waals surface area (Å²) < 4.78 is 0. The van der Waals surface area contributed by atoms with Crippen molar-refractivity contribution in [1.82, 2.24) is 5.32 Å². The van der Waals surface area contributed by atoms with Crippen LogP contribution in [0, 0.1) is 0 Å². The fraction of sp³-hybridized carbons (Fsp3) is 0.692. The molecule has 0 unspecified atom stereocenters. The van der Waals surface area contributed by atoms with Gasteiger partial charge in [-0.15, -0.1) is 0 Å². The van der Waals surface area contributed by atoms with E-state index in [1.807, 2.05) is 0 Å². The van der Waals surface area contributed by atoms with Crippen molar-refractivity contribution < 1.29 is 34.5 Å². The number of hydrogen-bond donors (Lipinski definition) is 10. The second-order valence-electron chi connectivity index (χ2n) is 4.90. The van der Waals surface area contributed by atoms with Crippen LogP contribution in [0.2, 0.25) is 0 Å². The smallest absolute Gasteiger partial charge is 0.321 e. The van der Waals surface area contributed by atoms with E-state index in [0.29, 0.717) is 5.75 Å². The first kappa shape index (κ1) is 30.2. The topological polar surface area (TPSA) is 245 Å². The fourth-order valence-corrected chi connectivity index (χ4v) is 1.40. The summed E-state index contributed by atoms with van der Waals surface area (Å²) >= 11 is 7.38. The quantitative estimate of drug-likeness (QED) is 0.189. The minimum absolute atomic E-state index is 0.190. The van der Waals surface area contributed by atoms with Crippen LogP contribution in [0.3, 0.4) is 0 Å². The van der Waals surface area contributed by atoms with Crippen LogP contribution in [0.1, 0.15) is 12.8 Å². The number of rotatable bonds is 6. The van der Waals surface area contributed by atoms with E-state index in [2.05, 4.69) is 36.3 Å². The van der Waals surface area contributed by atoms with Gasteiger partial charge in [-0.25, -0.2) is 0 Å². The molecule has 1 aliphatic heterocycles. The Labute approximate surface area is 167 Å². The average Bonchev–Trinajstić information content (AvgIpc) is 3.16. The van der Waals surface area contributed by atoms with E-state index in [-0.39, 0.29) is 18.3 Å². The third kappa shape index (κ3) is 22.4. The summed E-state index contributed by atoms with van der Waals surface area (Å²) in [6.45, 7) is 0.580. The number of carboxylic acids is 3. The molecular weight excluding hydrogens is 402 g/mol. The van der Waals surface area contributed by atoms with Crippen molar-refractivity contribution in [3.63, 3.8) is 0 Å². The molecule has 12 N–H and O–H groups in total. The summed E-state index contributed by atoms with van der Waals surface area (Å²) in [7, 11) is 0. The second kappa shape index (κ2) is 19.2. The van der Waals surface area contributed by atoms with E-state index in [0.717, 1.165) is 19.4 Å². The molecule has 0 bridgehead atoms. The third-order valence-electron chi connectivity index (χ3n) is 2.61. The molecule has 1 heterocycles. The number of carbonyl (C=O) groups is 4. The van der Waals surface area contributed by atoms with E-state index in [4.69, 9.17) is 32.5 Å². The lowest BCUT2D eigenvalue weighted by molar-refractivity contribution is -0.139. The molecule has 1 aliphatic rings. The van der Waals surface area contributed by atoms with Gasteiger partial charge < -0.3 is 43.6 Å². The number of hydrogen-bond acceptors (Lipinski definition) is 10. The Hall–Kier alpha value is -1.58. The molecule has 14 heteroatoms. The van der Waals surface area contributed by atoms with Gasteiger partial charge >= 0.3 is 17.9 Å². The number of carbonyl (C=O) groups excluding carboxylic acids is 1. The molecule has 27 heavy (non-hydrogen) atoms. The largest absolute Gasteiger partial charge is 0.480 e. The van der Waals surface area contributed by atoms with Crippen molar-refractivity contribution in [3.05, 3.63) is 0 Å². The van der Waals surface area contributed by atoms with E-state index < -0.39 is 35.9 Å². The maximum absolute atomic E-state index is 10.1. The van der Waals surface area contributed by atoms with Crippen molar-refractivity contribution in [1.29, 1.82) is 0 Å². The van der Waals surface area contributed by atoms with Crippen LogP contribution in [-0.2, 0) is 19.2 Å². The van der Waals surface area contributed by atoms with Crippen LogP contribution in [-0.4, -0.2) is 81.9 Å². The number of nitrogens with one attached hydrogen (secondary N) is 1. The van der Waals surface area contributed by atoms with Gasteiger partial charge in [0.1, 0.15) is 12.1 Å². The molecule has 0 radical (unpaired) electrons. The molecule has 3 atom stereocenters. The first-order valence-corrected chi connectivity index (χ1v) is 8.83. The predicted molar refractivity (Wildman–Crippen MR) is 106 cm³/mol. The van der Waals surface area contributed by atoms with Crippen molar-refractivity contribution >= 4 is 49.1 Å². The fourth-order valence-electron chi connectivity index (χ4n) is 1.06. The molecule has 0 saturated carbocycles. The molecule has 1 rings (SSSR count). The van der Waals surface area contributed by atoms with Crippen LogP contribution in [0.25, 0.3) is 0 Å². The van der Waals surface area contributed by atoms with E-state index >= 15 is 0 Å². The van der Waals surface area contributed by atoms with Gasteiger partial charge in [0, 0.05) is 11.5 Å². The maximum atomic E-state index is 10.1. The Morgan fingerprint density at radius 1 is 1.04 bits per heavy atom. The van der Waals surface area contributed by atoms with Gasteiger partial charge in [0.25, 0.3) is 0 Å². The molecule has 0 aromatic heterocycles. The maximum Gasteiger partial charge on any atom is 0.321 e. The van der Waals surface area contributed by atoms with Crippen LogP contribution >= 0.6 is 25.3 Å². The van der Waals surface area contributed by atoms with Gasteiger partial charge in [0.2, 0.25) is 5.91 Å². The molecule has 0 aromatic rings. The van der Waals surface area contributed by atoms with Gasteiger partial charge in [-0.05, 0) is 19.4 Å². The van der Waals surface area contributed by atoms with Gasteiger partial charge in [-0.1, -0.05) is 0 Å². The highest BCUT2D eigenvalue weighted by molar-refractivity contribution is 7.80. The summed E-state index contributed by atoms with van der Waals surface area (Å²) in [5, 5.41) is 26.8. The predicted octanol–water partition coefficient (Wildman–Crippen LogP) is -3.09. The standard InChI is InChI=1S/C5H9NO2.C3H8N2OS.C3H7NO2S.C2H5NO2/c7-5(8)4-2-1-3-6-4;2*4-2(1-7)3(5)6;3-1-2(4)5/h4,6H,1-3H2,(H,7,8);2,7H,1,4H2,(H2,5,6);2,7H,1,4H2,(H,5,6);1,3H2,(H,4,5)/t4-;2*2-;/m000./s1. The van der Waals surface area contributed by atoms with E-state index in [1.54, 1.807) is 0 Å². The highest BCUT2D eigenvalue weighted by Gasteiger charge is 2.20. The zero-order valence-electron chi connectivity index (χ0n) is 14.7. The van der Waals surface area contributed by atoms with E-state index in [1.165, 1.54) is 0 Å². The number of aliphatic carboxylic acids is 3. The Morgan fingerprint density at radius 2 is 1.48 bits per heavy atom. The average molecular weight is 432 g/mol. The minimum Gasteiger partial charge on any atom is -0.480 e. The highest BCUT2D eigenvalue weighted by atomic mass is 32.1. The number of primary amides is 1. The van der Waals surface area contributed by atoms with Crippen LogP contribution in [0.5, 0.6) is 0 Å². The second-order valence-corrected chi connectivity index (χ2v) is 5.63. The van der Waals surface area contributed by atoms with Crippen molar-refractivity contribution in [3.8, 4) is 0 Å². The molecule has 1 saturated heterocycles. The van der Waals surface area contributed by atoms with Gasteiger partial charge in [-0.2, -0.15) is 25.3 Å². The van der Waals surface area contributed by atoms with Crippen LogP contribution in [0.4, 0.5) is 0 Å². The molecule has 0 spiro atoms. The Bertz CT molecular complexity index is 431. The molecule has 1 amide bonds. The molecule has 0 aliphatic carbocycles. The highest BCUT2D eigenvalue weighted by Crippen LogP contribution is 2.03. The van der Waals surface area contributed by atoms with Crippen LogP contribution in [0.15, 0.2) is 0 Å². The van der Waals surface area contributed by atoms with Gasteiger partial charge in [0.05, 0.1) is 12.6 Å². The number of nitrogens with two attached hydrogens (primary N) is 4. The lowest BCUT2D eigenvalue weighted by Gasteiger charge is -1.99. The summed E-state index contributed by atoms with van der Waals surface area (Å²) in [5.41, 5.74) is 19.3. The van der Waals surface area contributed by atoms with Gasteiger partial charge in [-0.3, -0.25) is 19.2 Å². The Kier molecular flexibility index (Phi) is 21.4. The lowest BCUT2D eigenvalue weighted by Crippen LogP contribution is -2.37. The molecule has 0 aromatic carbocycles. The Balaban J connectivity index is -0.000000289. The number of thiol groups is 2. The monoisotopic (exact) mass is 431 g/mol. The first-order chi connectivity index (χ1) is 12.4. The van der Waals surface area contributed by atoms with Crippen molar-refractivity contribution in [2.45, 2.75) is 31.0 Å². The van der Waals surface area contributed by atoms with E-state index in [9.17, 15) is 19.2 Å². The van der Waals surface area contributed by atoms with Crippen molar-refractivity contribution in [2.75, 3.05) is 24.6 Å². The minimum atomic E-state index is -1.00. The van der Waals surface area contributed by atoms with Crippen LogP contribution < -0.4 is 28.3 Å². The zero-order chi connectivity index (χ0) is 22.0. The summed E-state index contributed by atoms with van der Waals surface area (Å²) in [4.78, 5) is 39.1. The summed E-state index contributed by atoms with van der Waals surface area (Å²) in [6, 6.07) is -1.68. The molecular formula is C13H29N5O7S2. The first-order valence-electron chi connectivity index (χ1n) is 7.57. The summed E-state index contributed by atoms with van der Waals surface area (Å²) in [6.07, 6.45) is 1.78. The SMILES string of the molecule is NC(=O)[C@@H](N)CS.NCC(=O)O.N[C@@H](CS)C(=O)O.O=C(O)[C@@H]1CCCN1. The zero-order valence-corrected chi connectivity index (χ0v) is 16.4. The molecule has 160 valence electrons. The summed E-state index contributed by atoms with van der Waals surface area (Å²) in [5.74, 6) is -2.69. The third-order valence-corrected chi connectivity index (χ3v) is 3.40. The Morgan fingerprint density at radius 3 is 1.56 bits per heavy atom. The van der Waals surface area contributed by atoms with Gasteiger partial charge in [0.15, 0.2) is 0 Å². The lowest BCUT2D eigenvalue weighted by atomic mass is 10.2. The molecule has 12 nitrogen and oxygen atoms in total. The number of carboxylic acid groups (broad SMARTS) is 3. The molecule has 1 fully saturated rings. The number of amides is 1. The normalized spacial score (nSPS) is 16.7. The van der Waals surface area contributed by atoms with Crippen molar-refractivity contribution in [2.24, 2.45) is 22.9 Å².